The molecule has 5 nitrogen and oxygen atoms in total. The molecule has 1 amide bonds. The van der Waals surface area contributed by atoms with Crippen LogP contribution in [0.25, 0.3) is 0 Å². The minimum absolute atomic E-state index is 0.135. The van der Waals surface area contributed by atoms with Gasteiger partial charge in [-0.25, -0.2) is 0 Å². The second kappa shape index (κ2) is 9.52. The fourth-order valence-corrected chi connectivity index (χ4v) is 2.91. The third-order valence-corrected chi connectivity index (χ3v) is 4.30. The first-order valence-corrected chi connectivity index (χ1v) is 8.04. The highest BCUT2D eigenvalue weighted by molar-refractivity contribution is 14.1. The van der Waals surface area contributed by atoms with Crippen molar-refractivity contribution in [3.63, 3.8) is 0 Å². The average molecular weight is 382 g/mol. The summed E-state index contributed by atoms with van der Waals surface area (Å²) >= 11 is 2.18. The lowest BCUT2D eigenvalue weighted by Crippen LogP contribution is -2.36. The van der Waals surface area contributed by atoms with E-state index in [4.69, 9.17) is 4.74 Å². The van der Waals surface area contributed by atoms with Crippen molar-refractivity contribution >= 4 is 34.7 Å². The molecule has 0 bridgehead atoms. The Balaban J connectivity index is 2.10. The summed E-state index contributed by atoms with van der Waals surface area (Å²) in [6, 6.07) is 0.550. The summed E-state index contributed by atoms with van der Waals surface area (Å²) < 4.78 is 8.06. The number of nitrogens with one attached hydrogen (secondary N) is 2. The van der Waals surface area contributed by atoms with Gasteiger partial charge >= 0.3 is 5.97 Å². The van der Waals surface area contributed by atoms with Gasteiger partial charge in [0.25, 0.3) is 0 Å². The average Bonchev–Trinajstić information content (AvgIpc) is 2.44. The maximum absolute atomic E-state index is 11.9. The molecule has 1 aliphatic carbocycles. The second-order valence-corrected chi connectivity index (χ2v) is 5.48. The molecule has 110 valence electrons. The number of halogens is 1. The molecule has 0 radical (unpaired) electrons. The highest BCUT2D eigenvalue weighted by atomic mass is 127. The number of hydrogen-bond acceptors (Lipinski definition) is 4. The fourth-order valence-electron chi connectivity index (χ4n) is 2.29. The second-order valence-electron chi connectivity index (χ2n) is 4.86. The molecule has 0 spiro atoms. The molecule has 19 heavy (non-hydrogen) atoms. The zero-order valence-corrected chi connectivity index (χ0v) is 13.6. The summed E-state index contributed by atoms with van der Waals surface area (Å²) in [4.78, 5) is 23.0. The van der Waals surface area contributed by atoms with E-state index in [0.29, 0.717) is 32.0 Å². The first-order valence-electron chi connectivity index (χ1n) is 6.96. The Morgan fingerprint density at radius 3 is 2.53 bits per heavy atom. The molecule has 2 N–H and O–H groups in total. The Labute approximate surface area is 128 Å². The Morgan fingerprint density at radius 1 is 1.26 bits per heavy atom. The Hall–Kier alpha value is -0.370. The van der Waals surface area contributed by atoms with Gasteiger partial charge in [-0.3, -0.25) is 13.1 Å². The monoisotopic (exact) mass is 382 g/mol. The minimum atomic E-state index is -0.189. The molecule has 0 aromatic rings. The molecule has 0 aliphatic heterocycles. The molecule has 0 aromatic carbocycles. The van der Waals surface area contributed by atoms with Gasteiger partial charge in [0.05, 0.1) is 6.61 Å². The summed E-state index contributed by atoms with van der Waals surface area (Å²) in [5, 5.41) is 2.91. The number of ether oxygens (including phenoxy) is 1. The number of carbonyl (C=O) groups excluding carboxylic acids is 2. The van der Waals surface area contributed by atoms with E-state index in [1.165, 1.54) is 0 Å². The van der Waals surface area contributed by atoms with Crippen LogP contribution < -0.4 is 8.85 Å². The van der Waals surface area contributed by atoms with Crippen molar-refractivity contribution in [2.24, 2.45) is 5.92 Å². The van der Waals surface area contributed by atoms with Gasteiger partial charge in [-0.05, 0) is 39.0 Å². The summed E-state index contributed by atoms with van der Waals surface area (Å²) in [5.41, 5.74) is 0. The predicted octanol–water partition coefficient (Wildman–Crippen LogP) is 1.94. The number of esters is 1. The van der Waals surface area contributed by atoms with Crippen molar-refractivity contribution in [2.75, 3.05) is 13.2 Å². The highest BCUT2D eigenvalue weighted by Crippen LogP contribution is 2.24. The van der Waals surface area contributed by atoms with E-state index in [-0.39, 0.29) is 17.8 Å². The normalized spacial score (nSPS) is 22.8. The Morgan fingerprint density at radius 2 is 1.95 bits per heavy atom. The molecule has 6 heteroatoms. The van der Waals surface area contributed by atoms with Crippen LogP contribution in [0.4, 0.5) is 0 Å². The van der Waals surface area contributed by atoms with E-state index in [9.17, 15) is 9.59 Å². The molecule has 0 saturated heterocycles. The van der Waals surface area contributed by atoms with Gasteiger partial charge in [0.1, 0.15) is 0 Å². The van der Waals surface area contributed by atoms with Crippen molar-refractivity contribution in [2.45, 2.75) is 51.5 Å². The lowest BCUT2D eigenvalue weighted by atomic mass is 9.86. The van der Waals surface area contributed by atoms with Crippen LogP contribution in [0.1, 0.15) is 45.4 Å². The van der Waals surface area contributed by atoms with Crippen LogP contribution in [0.15, 0.2) is 0 Å². The van der Waals surface area contributed by atoms with Gasteiger partial charge in [-0.2, -0.15) is 0 Å². The van der Waals surface area contributed by atoms with E-state index in [1.807, 2.05) is 0 Å². The summed E-state index contributed by atoms with van der Waals surface area (Å²) in [7, 11) is 0. The van der Waals surface area contributed by atoms with E-state index < -0.39 is 0 Å². The number of rotatable bonds is 7. The topological polar surface area (TPSA) is 67.4 Å². The predicted molar refractivity (Wildman–Crippen MR) is 81.8 cm³/mol. The number of amides is 1. The summed E-state index contributed by atoms with van der Waals surface area (Å²) in [6.07, 6.45) is 5.04. The molecule has 0 heterocycles. The van der Waals surface area contributed by atoms with Crippen LogP contribution in [0.2, 0.25) is 0 Å². The highest BCUT2D eigenvalue weighted by Gasteiger charge is 2.25. The zero-order chi connectivity index (χ0) is 14.1. The van der Waals surface area contributed by atoms with Crippen molar-refractivity contribution in [1.29, 1.82) is 0 Å². The largest absolute Gasteiger partial charge is 0.466 e. The lowest BCUT2D eigenvalue weighted by Gasteiger charge is -2.26. The first-order chi connectivity index (χ1) is 9.17. The Bertz CT molecular complexity index is 292. The van der Waals surface area contributed by atoms with Gasteiger partial charge < -0.3 is 10.1 Å². The first kappa shape index (κ1) is 16.7. The van der Waals surface area contributed by atoms with Gasteiger partial charge in [0.15, 0.2) is 0 Å². The number of carbonyl (C=O) groups is 2. The van der Waals surface area contributed by atoms with Crippen LogP contribution in [0.3, 0.4) is 0 Å². The fraction of sp³-hybridized carbons (Fsp3) is 0.846. The van der Waals surface area contributed by atoms with E-state index in [0.717, 1.165) is 25.7 Å². The van der Waals surface area contributed by atoms with Crippen molar-refractivity contribution in [3.8, 4) is 0 Å². The van der Waals surface area contributed by atoms with Crippen LogP contribution in [0, 0.1) is 5.92 Å². The van der Waals surface area contributed by atoms with Gasteiger partial charge in [-0.1, -0.05) is 0 Å². The minimum Gasteiger partial charge on any atom is -0.466 e. The standard InChI is InChI=1S/C13H23IN2O3/c1-2-19-12(17)4-3-9-15-13(18)10-5-7-11(16-14)8-6-10/h10-11,16H,2-9H2,1H3,(H,15,18)/t10-,11-. The van der Waals surface area contributed by atoms with Crippen LogP contribution in [-0.4, -0.2) is 31.1 Å². The van der Waals surface area contributed by atoms with Gasteiger partial charge in [0.2, 0.25) is 5.91 Å². The molecule has 1 rings (SSSR count). The molecular formula is C13H23IN2O3. The van der Waals surface area contributed by atoms with Gasteiger partial charge in [0, 0.05) is 47.8 Å². The number of hydrogen-bond donors (Lipinski definition) is 2. The maximum Gasteiger partial charge on any atom is 0.305 e. The van der Waals surface area contributed by atoms with E-state index in [1.54, 1.807) is 6.92 Å². The molecular weight excluding hydrogens is 359 g/mol. The van der Waals surface area contributed by atoms with E-state index in [2.05, 4.69) is 31.7 Å². The smallest absolute Gasteiger partial charge is 0.305 e. The van der Waals surface area contributed by atoms with Crippen molar-refractivity contribution in [1.82, 2.24) is 8.85 Å². The molecule has 0 aromatic heterocycles. The summed E-state index contributed by atoms with van der Waals surface area (Å²) in [6.45, 7) is 2.77. The maximum atomic E-state index is 11.9. The summed E-state index contributed by atoms with van der Waals surface area (Å²) in [5.74, 6) is 0.0877. The third kappa shape index (κ3) is 6.56. The molecule has 0 atom stereocenters. The zero-order valence-electron chi connectivity index (χ0n) is 11.4. The van der Waals surface area contributed by atoms with Crippen molar-refractivity contribution < 1.29 is 14.3 Å². The lowest BCUT2D eigenvalue weighted by molar-refractivity contribution is -0.143. The Kier molecular flexibility index (Phi) is 8.36. The van der Waals surface area contributed by atoms with Crippen LogP contribution >= 0.6 is 22.9 Å². The third-order valence-electron chi connectivity index (χ3n) is 3.41. The molecule has 0 unspecified atom stereocenters. The molecule has 1 fully saturated rings. The molecule has 1 aliphatic rings. The van der Waals surface area contributed by atoms with E-state index >= 15 is 0 Å². The van der Waals surface area contributed by atoms with Crippen LogP contribution in [0.5, 0.6) is 0 Å². The molecule has 1 saturated carbocycles. The van der Waals surface area contributed by atoms with Crippen LogP contribution in [-0.2, 0) is 14.3 Å². The van der Waals surface area contributed by atoms with Gasteiger partial charge in [-0.15, -0.1) is 0 Å². The SMILES string of the molecule is CCOC(=O)CCCNC(=O)[C@H]1CC[C@H](NI)CC1. The van der Waals surface area contributed by atoms with Crippen molar-refractivity contribution in [3.05, 3.63) is 0 Å². The quantitative estimate of drug-likeness (QED) is 0.306.